The van der Waals surface area contributed by atoms with Crippen molar-refractivity contribution in [2.45, 2.75) is 52.2 Å². The maximum atomic E-state index is 11.2. The van der Waals surface area contributed by atoms with Crippen LogP contribution in [0.2, 0.25) is 0 Å². The molecule has 0 aliphatic rings. The van der Waals surface area contributed by atoms with Crippen molar-refractivity contribution in [3.05, 3.63) is 0 Å². The molecule has 0 saturated heterocycles. The number of carbonyl (C=O) groups excluding carboxylic acids is 1. The predicted molar refractivity (Wildman–Crippen MR) is 46.8 cm³/mol. The molecule has 0 rings (SSSR count). The van der Waals surface area contributed by atoms with Crippen LogP contribution in [0.4, 0.5) is 0 Å². The van der Waals surface area contributed by atoms with Crippen LogP contribution in [-0.4, -0.2) is 22.3 Å². The van der Waals surface area contributed by atoms with Crippen LogP contribution in [0.15, 0.2) is 0 Å². The van der Waals surface area contributed by atoms with E-state index < -0.39 is 17.2 Å². The first kappa shape index (κ1) is 11.4. The number of rotatable bonds is 3. The monoisotopic (exact) mass is 174 g/mol. The summed E-state index contributed by atoms with van der Waals surface area (Å²) in [6, 6.07) is 0. The Kier molecular flexibility index (Phi) is 3.27. The molecule has 72 valence electrons. The third kappa shape index (κ3) is 3.72. The highest BCUT2D eigenvalue weighted by atomic mass is 16.6. The highest BCUT2D eigenvalue weighted by Crippen LogP contribution is 2.17. The van der Waals surface area contributed by atoms with Gasteiger partial charge in [-0.05, 0) is 34.1 Å². The lowest BCUT2D eigenvalue weighted by Crippen LogP contribution is -2.39. The number of carbonyl (C=O) groups is 1. The summed E-state index contributed by atoms with van der Waals surface area (Å²) in [6.45, 7) is 8.40. The van der Waals surface area contributed by atoms with Gasteiger partial charge in [0.05, 0.1) is 0 Å². The van der Waals surface area contributed by atoms with Gasteiger partial charge >= 0.3 is 5.97 Å². The molecule has 0 bridgehead atoms. The second-order valence-corrected chi connectivity index (χ2v) is 4.06. The first-order valence-corrected chi connectivity index (χ1v) is 4.15. The second-order valence-electron chi connectivity index (χ2n) is 4.06. The molecule has 0 fully saturated rings. The van der Waals surface area contributed by atoms with Gasteiger partial charge in [0, 0.05) is 0 Å². The van der Waals surface area contributed by atoms with E-state index in [0.717, 1.165) is 6.42 Å². The van der Waals surface area contributed by atoms with E-state index >= 15 is 0 Å². The first-order chi connectivity index (χ1) is 5.19. The molecule has 0 radical (unpaired) electrons. The van der Waals surface area contributed by atoms with Gasteiger partial charge in [-0.2, -0.15) is 0 Å². The summed E-state index contributed by atoms with van der Waals surface area (Å²) in [5.74, 6) is -0.575. The molecule has 0 aliphatic carbocycles. The normalized spacial score (nSPS) is 12.8. The summed E-state index contributed by atoms with van der Waals surface area (Å²) in [6.07, 6.45) is 0.731. The zero-order valence-electron chi connectivity index (χ0n) is 8.47. The highest BCUT2D eigenvalue weighted by molar-refractivity contribution is 5.78. The lowest BCUT2D eigenvalue weighted by molar-refractivity contribution is -0.175. The van der Waals surface area contributed by atoms with E-state index in [9.17, 15) is 9.90 Å². The molecule has 0 spiro atoms. The molecule has 0 atom stereocenters. The molecule has 0 aromatic carbocycles. The highest BCUT2D eigenvalue weighted by Gasteiger charge is 2.30. The molecule has 12 heavy (non-hydrogen) atoms. The number of ether oxygens (including phenoxy) is 1. The van der Waals surface area contributed by atoms with E-state index in [-0.39, 0.29) is 0 Å². The molecule has 0 aromatic rings. The molecular formula is C9H18O3. The van der Waals surface area contributed by atoms with Crippen molar-refractivity contribution in [3.8, 4) is 0 Å². The van der Waals surface area contributed by atoms with Gasteiger partial charge < -0.3 is 9.84 Å². The van der Waals surface area contributed by atoms with Crippen molar-refractivity contribution in [2.75, 3.05) is 0 Å². The van der Waals surface area contributed by atoms with Crippen molar-refractivity contribution in [3.63, 3.8) is 0 Å². The molecule has 1 N–H and O–H groups in total. The SMILES string of the molecule is CCC(C)(C)OC(=O)C(C)(C)O. The van der Waals surface area contributed by atoms with Crippen LogP contribution in [-0.2, 0) is 9.53 Å². The van der Waals surface area contributed by atoms with E-state index in [1.165, 1.54) is 13.8 Å². The van der Waals surface area contributed by atoms with Crippen LogP contribution >= 0.6 is 0 Å². The fraction of sp³-hybridized carbons (Fsp3) is 0.889. The summed E-state index contributed by atoms with van der Waals surface area (Å²) >= 11 is 0. The van der Waals surface area contributed by atoms with Crippen LogP contribution in [0.25, 0.3) is 0 Å². The topological polar surface area (TPSA) is 46.5 Å². The van der Waals surface area contributed by atoms with Gasteiger partial charge in [-0.15, -0.1) is 0 Å². The summed E-state index contributed by atoms with van der Waals surface area (Å²) in [5.41, 5.74) is -1.89. The average Bonchev–Trinajstić information content (AvgIpc) is 1.85. The van der Waals surface area contributed by atoms with E-state index in [1.54, 1.807) is 0 Å². The summed E-state index contributed by atoms with van der Waals surface area (Å²) in [7, 11) is 0. The second kappa shape index (κ2) is 3.44. The standard InChI is InChI=1S/C9H18O3/c1-6-8(2,3)12-7(10)9(4,5)11/h11H,6H2,1-5H3. The Morgan fingerprint density at radius 1 is 1.33 bits per heavy atom. The van der Waals surface area contributed by atoms with E-state index in [2.05, 4.69) is 0 Å². The summed E-state index contributed by atoms with van der Waals surface area (Å²) in [4.78, 5) is 11.2. The van der Waals surface area contributed by atoms with E-state index in [1.807, 2.05) is 20.8 Å². The number of aliphatic hydroxyl groups is 1. The van der Waals surface area contributed by atoms with Gasteiger partial charge in [0.15, 0.2) is 5.60 Å². The van der Waals surface area contributed by atoms with Crippen molar-refractivity contribution < 1.29 is 14.6 Å². The maximum absolute atomic E-state index is 11.2. The predicted octanol–water partition coefficient (Wildman–Crippen LogP) is 1.49. The Morgan fingerprint density at radius 3 is 2.00 bits per heavy atom. The number of hydrogen-bond acceptors (Lipinski definition) is 3. The maximum Gasteiger partial charge on any atom is 0.338 e. The lowest BCUT2D eigenvalue weighted by atomic mass is 10.1. The smallest absolute Gasteiger partial charge is 0.338 e. The Labute approximate surface area is 73.7 Å². The zero-order valence-corrected chi connectivity index (χ0v) is 8.47. The van der Waals surface area contributed by atoms with Crippen LogP contribution in [0.1, 0.15) is 41.0 Å². The molecule has 0 amide bonds. The van der Waals surface area contributed by atoms with Gasteiger partial charge in [0.1, 0.15) is 5.60 Å². The van der Waals surface area contributed by atoms with Crippen molar-refractivity contribution >= 4 is 5.97 Å². The minimum atomic E-state index is -1.40. The Bertz CT molecular complexity index is 165. The third-order valence-electron chi connectivity index (χ3n) is 1.72. The van der Waals surface area contributed by atoms with Crippen molar-refractivity contribution in [1.82, 2.24) is 0 Å². The molecular weight excluding hydrogens is 156 g/mol. The number of esters is 1. The van der Waals surface area contributed by atoms with Crippen molar-refractivity contribution in [2.24, 2.45) is 0 Å². The largest absolute Gasteiger partial charge is 0.458 e. The quantitative estimate of drug-likeness (QED) is 0.659. The van der Waals surface area contributed by atoms with Gasteiger partial charge in [-0.25, -0.2) is 4.79 Å². The zero-order chi connectivity index (χ0) is 9.99. The van der Waals surface area contributed by atoms with Gasteiger partial charge in [0.25, 0.3) is 0 Å². The molecule has 0 saturated carbocycles. The van der Waals surface area contributed by atoms with Gasteiger partial charge in [-0.3, -0.25) is 0 Å². The minimum absolute atomic E-state index is 0.489. The van der Waals surface area contributed by atoms with Gasteiger partial charge in [-0.1, -0.05) is 6.92 Å². The van der Waals surface area contributed by atoms with Gasteiger partial charge in [0.2, 0.25) is 0 Å². The van der Waals surface area contributed by atoms with Crippen molar-refractivity contribution in [1.29, 1.82) is 0 Å². The molecule has 0 heterocycles. The molecule has 0 aromatic heterocycles. The molecule has 3 heteroatoms. The molecule has 0 aliphatic heterocycles. The molecule has 3 nitrogen and oxygen atoms in total. The third-order valence-corrected chi connectivity index (χ3v) is 1.72. The minimum Gasteiger partial charge on any atom is -0.458 e. The fourth-order valence-corrected chi connectivity index (χ4v) is 0.448. The first-order valence-electron chi connectivity index (χ1n) is 4.15. The average molecular weight is 174 g/mol. The summed E-state index contributed by atoms with van der Waals surface area (Å²) < 4.78 is 5.06. The summed E-state index contributed by atoms with van der Waals surface area (Å²) in [5, 5.41) is 9.27. The Balaban J connectivity index is 4.20. The van der Waals surface area contributed by atoms with Crippen LogP contribution in [0.5, 0.6) is 0 Å². The van der Waals surface area contributed by atoms with E-state index in [4.69, 9.17) is 4.74 Å². The van der Waals surface area contributed by atoms with E-state index in [0.29, 0.717) is 0 Å². The van der Waals surface area contributed by atoms with Crippen LogP contribution in [0, 0.1) is 0 Å². The lowest BCUT2D eigenvalue weighted by Gasteiger charge is -2.27. The fourth-order valence-electron chi connectivity index (χ4n) is 0.448. The molecule has 0 unspecified atom stereocenters. The Hall–Kier alpha value is -0.570. The van der Waals surface area contributed by atoms with Crippen LogP contribution < -0.4 is 0 Å². The van der Waals surface area contributed by atoms with Crippen LogP contribution in [0.3, 0.4) is 0 Å². The Morgan fingerprint density at radius 2 is 1.75 bits per heavy atom. The number of hydrogen-bond donors (Lipinski definition) is 1.